The highest BCUT2D eigenvalue weighted by molar-refractivity contribution is 6.34. The number of halogens is 1. The van der Waals surface area contributed by atoms with Gasteiger partial charge in [0.1, 0.15) is 22.9 Å². The van der Waals surface area contributed by atoms with Gasteiger partial charge in [0.05, 0.1) is 21.9 Å². The lowest BCUT2D eigenvalue weighted by Crippen LogP contribution is -2.09. The second-order valence-corrected chi connectivity index (χ2v) is 9.37. The lowest BCUT2D eigenvalue weighted by atomic mass is 9.89. The van der Waals surface area contributed by atoms with Crippen LogP contribution < -0.4 is 11.5 Å². The van der Waals surface area contributed by atoms with E-state index in [-0.39, 0.29) is 0 Å². The Bertz CT molecular complexity index is 1580. The molecule has 0 unspecified atom stereocenters. The van der Waals surface area contributed by atoms with Gasteiger partial charge in [-0.2, -0.15) is 0 Å². The van der Waals surface area contributed by atoms with E-state index in [0.717, 1.165) is 57.7 Å². The lowest BCUT2D eigenvalue weighted by Gasteiger charge is -2.20. The Hall–Kier alpha value is -4.24. The molecule has 0 radical (unpaired) electrons. The van der Waals surface area contributed by atoms with Crippen molar-refractivity contribution >= 4 is 39.9 Å². The van der Waals surface area contributed by atoms with Crippen LogP contribution in [0.2, 0.25) is 5.02 Å². The molecule has 6 rings (SSSR count). The number of hydrogen-bond donors (Lipinski definition) is 3. The van der Waals surface area contributed by atoms with Crippen molar-refractivity contribution < 1.29 is 9.90 Å². The number of pyridine rings is 2. The van der Waals surface area contributed by atoms with Crippen LogP contribution >= 0.6 is 11.6 Å². The maximum absolute atomic E-state index is 8.78. The van der Waals surface area contributed by atoms with Gasteiger partial charge in [-0.3, -0.25) is 9.38 Å². The van der Waals surface area contributed by atoms with Gasteiger partial charge >= 0.3 is 6.09 Å². The molecule has 0 aliphatic heterocycles. The number of imidazole rings is 1. The standard InChI is InChI=1S/C26H23ClN6.CH3NO2/c27-19-14-17-9-10-21(20-8-4-5-11-29-20)31-22(17)15-18(19)23-24-25(28)30-12-13-33(24)26(32-23)16-6-2-1-3-7-16;2-1(3)4/h4-5,8-16H,1-3,6-7H2,(H2,28,30);2H2,(H,3,4). The average Bonchev–Trinajstić information content (AvgIpc) is 3.29. The Morgan fingerprint density at radius 2 is 1.78 bits per heavy atom. The van der Waals surface area contributed by atoms with E-state index in [0.29, 0.717) is 16.8 Å². The molecule has 0 bridgehead atoms. The first kappa shape index (κ1) is 24.5. The molecule has 1 aliphatic rings. The molecule has 0 atom stereocenters. The SMILES string of the molecule is NC(=O)O.Nc1nccn2c(C3CCCCC3)nc(-c3cc4nc(-c5ccccn5)ccc4cc3Cl)c12. The number of rotatable bonds is 3. The molecule has 4 aromatic heterocycles. The summed E-state index contributed by atoms with van der Waals surface area (Å²) in [5.74, 6) is 1.91. The third-order valence-corrected chi connectivity index (χ3v) is 6.85. The molecule has 9 nitrogen and oxygen atoms in total. The van der Waals surface area contributed by atoms with Gasteiger partial charge in [-0.1, -0.05) is 43.0 Å². The van der Waals surface area contributed by atoms with Crippen molar-refractivity contribution in [2.24, 2.45) is 5.73 Å². The lowest BCUT2D eigenvalue weighted by molar-refractivity contribution is 0.205. The fourth-order valence-corrected chi connectivity index (χ4v) is 5.17. The third-order valence-electron chi connectivity index (χ3n) is 6.54. The summed E-state index contributed by atoms with van der Waals surface area (Å²) in [4.78, 5) is 27.5. The number of primary amides is 1. The maximum atomic E-state index is 8.78. The smallest absolute Gasteiger partial charge is 0.402 e. The predicted molar refractivity (Wildman–Crippen MR) is 144 cm³/mol. The highest BCUT2D eigenvalue weighted by Crippen LogP contribution is 2.39. The van der Waals surface area contributed by atoms with Gasteiger partial charge in [0.2, 0.25) is 0 Å². The van der Waals surface area contributed by atoms with E-state index in [4.69, 9.17) is 37.2 Å². The van der Waals surface area contributed by atoms with E-state index in [1.807, 2.05) is 48.7 Å². The summed E-state index contributed by atoms with van der Waals surface area (Å²) in [6, 6.07) is 13.8. The molecule has 1 amide bonds. The van der Waals surface area contributed by atoms with Crippen molar-refractivity contribution in [2.45, 2.75) is 38.0 Å². The summed E-state index contributed by atoms with van der Waals surface area (Å²) in [5, 5.41) is 8.78. The van der Waals surface area contributed by atoms with Crippen LogP contribution in [0.4, 0.5) is 10.6 Å². The number of hydrogen-bond acceptors (Lipinski definition) is 6. The van der Waals surface area contributed by atoms with Crippen molar-refractivity contribution in [3.05, 3.63) is 71.9 Å². The minimum Gasteiger partial charge on any atom is -0.465 e. The molecule has 1 fully saturated rings. The van der Waals surface area contributed by atoms with E-state index in [1.54, 1.807) is 12.4 Å². The van der Waals surface area contributed by atoms with E-state index in [9.17, 15) is 0 Å². The van der Waals surface area contributed by atoms with Crippen LogP contribution in [0.15, 0.2) is 61.1 Å². The number of aromatic nitrogens is 5. The molecular formula is C27H26ClN7O2. The third kappa shape index (κ3) is 5.03. The van der Waals surface area contributed by atoms with E-state index >= 15 is 0 Å². The van der Waals surface area contributed by atoms with Gasteiger partial charge in [0.25, 0.3) is 0 Å². The largest absolute Gasteiger partial charge is 0.465 e. The molecule has 5 aromatic rings. The summed E-state index contributed by atoms with van der Waals surface area (Å²) < 4.78 is 2.10. The van der Waals surface area contributed by atoms with Crippen molar-refractivity contribution in [3.63, 3.8) is 0 Å². The molecule has 37 heavy (non-hydrogen) atoms. The van der Waals surface area contributed by atoms with Crippen LogP contribution in [-0.4, -0.2) is 35.5 Å². The van der Waals surface area contributed by atoms with Gasteiger partial charge in [-0.05, 0) is 43.2 Å². The number of nitrogens with two attached hydrogens (primary N) is 2. The first-order valence-electron chi connectivity index (χ1n) is 12.1. The molecule has 188 valence electrons. The Kier molecular flexibility index (Phi) is 6.87. The van der Waals surface area contributed by atoms with Crippen LogP contribution in [-0.2, 0) is 0 Å². The Morgan fingerprint density at radius 1 is 1.00 bits per heavy atom. The topological polar surface area (TPSA) is 145 Å². The number of carboxylic acid groups (broad SMARTS) is 1. The van der Waals surface area contributed by atoms with Crippen molar-refractivity contribution in [1.29, 1.82) is 0 Å². The van der Waals surface area contributed by atoms with Crippen molar-refractivity contribution in [1.82, 2.24) is 24.3 Å². The van der Waals surface area contributed by atoms with Gasteiger partial charge in [-0.25, -0.2) is 19.7 Å². The summed E-state index contributed by atoms with van der Waals surface area (Å²) in [5.41, 5.74) is 15.2. The Morgan fingerprint density at radius 3 is 2.51 bits per heavy atom. The number of nitrogens with zero attached hydrogens (tertiary/aromatic N) is 5. The van der Waals surface area contributed by atoms with Gasteiger partial charge in [0, 0.05) is 35.5 Å². The van der Waals surface area contributed by atoms with Crippen LogP contribution in [0.5, 0.6) is 0 Å². The second-order valence-electron chi connectivity index (χ2n) is 8.96. The number of fused-ring (bicyclic) bond motifs is 2. The van der Waals surface area contributed by atoms with Gasteiger partial charge in [0.15, 0.2) is 0 Å². The van der Waals surface area contributed by atoms with Crippen molar-refractivity contribution in [3.8, 4) is 22.6 Å². The fraction of sp³-hybridized carbons (Fsp3) is 0.222. The number of benzene rings is 1. The summed E-state index contributed by atoms with van der Waals surface area (Å²) in [6.45, 7) is 0. The quantitative estimate of drug-likeness (QED) is 0.270. The number of carbonyl (C=O) groups is 1. The van der Waals surface area contributed by atoms with Gasteiger partial charge < -0.3 is 16.6 Å². The van der Waals surface area contributed by atoms with Crippen LogP contribution in [0.25, 0.3) is 39.1 Å². The molecule has 4 heterocycles. The Labute approximate surface area is 218 Å². The molecule has 5 N–H and O–H groups in total. The number of amides is 1. The van der Waals surface area contributed by atoms with E-state index in [1.165, 1.54) is 19.3 Å². The zero-order valence-corrected chi connectivity index (χ0v) is 20.8. The minimum atomic E-state index is -1.33. The monoisotopic (exact) mass is 515 g/mol. The first-order valence-corrected chi connectivity index (χ1v) is 12.4. The second kappa shape index (κ2) is 10.4. The molecular weight excluding hydrogens is 490 g/mol. The highest BCUT2D eigenvalue weighted by Gasteiger charge is 2.25. The van der Waals surface area contributed by atoms with E-state index < -0.39 is 6.09 Å². The van der Waals surface area contributed by atoms with Crippen LogP contribution in [0.3, 0.4) is 0 Å². The first-order chi connectivity index (χ1) is 17.9. The summed E-state index contributed by atoms with van der Waals surface area (Å²) >= 11 is 6.79. The molecule has 1 saturated carbocycles. The Balaban J connectivity index is 0.000000655. The van der Waals surface area contributed by atoms with Crippen LogP contribution in [0.1, 0.15) is 43.8 Å². The predicted octanol–water partition coefficient (Wildman–Crippen LogP) is 5.91. The zero-order valence-electron chi connectivity index (χ0n) is 20.0. The van der Waals surface area contributed by atoms with E-state index in [2.05, 4.69) is 20.1 Å². The maximum Gasteiger partial charge on any atom is 0.402 e. The minimum absolute atomic E-state index is 0.412. The molecule has 0 spiro atoms. The molecule has 1 aromatic carbocycles. The number of nitrogen functional groups attached to an aromatic ring is 1. The molecule has 1 aliphatic carbocycles. The molecule has 0 saturated heterocycles. The normalized spacial score (nSPS) is 13.9. The fourth-order valence-electron chi connectivity index (χ4n) is 4.91. The van der Waals surface area contributed by atoms with Crippen LogP contribution in [0, 0.1) is 0 Å². The highest BCUT2D eigenvalue weighted by atomic mass is 35.5. The molecule has 10 heteroatoms. The number of anilines is 1. The summed E-state index contributed by atoms with van der Waals surface area (Å²) in [6.07, 6.45) is 10.2. The van der Waals surface area contributed by atoms with Crippen molar-refractivity contribution in [2.75, 3.05) is 5.73 Å². The van der Waals surface area contributed by atoms with Gasteiger partial charge in [-0.15, -0.1) is 0 Å². The average molecular weight is 516 g/mol. The summed E-state index contributed by atoms with van der Waals surface area (Å²) in [7, 11) is 0. The zero-order chi connectivity index (χ0) is 25.9.